The number of aliphatic hydroxyl groups excluding tert-OH is 1. The summed E-state index contributed by atoms with van der Waals surface area (Å²) in [5.74, 6) is -1.33. The van der Waals surface area contributed by atoms with Crippen LogP contribution in [-0.2, 0) is 16.1 Å². The Kier molecular flexibility index (Phi) is 4.57. The first kappa shape index (κ1) is 16.1. The van der Waals surface area contributed by atoms with E-state index in [0.29, 0.717) is 42.4 Å². The van der Waals surface area contributed by atoms with E-state index in [2.05, 4.69) is 15.5 Å². The smallest absolute Gasteiger partial charge is 0.311 e. The number of hydrogen-bond donors (Lipinski definition) is 3. The highest BCUT2D eigenvalue weighted by molar-refractivity contribution is 6.35. The third kappa shape index (κ3) is 3.28. The minimum atomic E-state index is -0.719. The second kappa shape index (κ2) is 6.79. The second-order valence-corrected chi connectivity index (χ2v) is 5.75. The lowest BCUT2D eigenvalue weighted by Gasteiger charge is -2.28. The van der Waals surface area contributed by atoms with E-state index in [9.17, 15) is 19.5 Å². The maximum absolute atomic E-state index is 12.1. The Balaban J connectivity index is 1.67. The summed E-state index contributed by atoms with van der Waals surface area (Å²) in [7, 11) is 0. The molecule has 0 bridgehead atoms. The molecule has 0 radical (unpaired) electrons. The Morgan fingerprint density at radius 3 is 2.62 bits per heavy atom. The number of aliphatic hydroxyl groups is 1. The lowest BCUT2D eigenvalue weighted by Crippen LogP contribution is -2.47. The van der Waals surface area contributed by atoms with Gasteiger partial charge >= 0.3 is 11.8 Å². The van der Waals surface area contributed by atoms with Crippen LogP contribution in [0.15, 0.2) is 29.1 Å². The van der Waals surface area contributed by atoms with Crippen molar-refractivity contribution in [3.63, 3.8) is 0 Å². The topological polar surface area (TPSA) is 115 Å². The number of benzene rings is 1. The molecular weight excluding hydrogens is 312 g/mol. The van der Waals surface area contributed by atoms with Gasteiger partial charge in [-0.3, -0.25) is 14.4 Å². The Morgan fingerprint density at radius 2 is 1.92 bits per heavy atom. The third-order valence-corrected chi connectivity index (χ3v) is 4.14. The van der Waals surface area contributed by atoms with Crippen molar-refractivity contribution in [1.82, 2.24) is 20.4 Å². The Bertz CT molecular complexity index is 824. The molecule has 2 aromatic rings. The summed E-state index contributed by atoms with van der Waals surface area (Å²) in [4.78, 5) is 37.3. The van der Waals surface area contributed by atoms with Crippen LogP contribution in [0, 0.1) is 0 Å². The number of rotatable bonds is 2. The van der Waals surface area contributed by atoms with Crippen molar-refractivity contribution in [3.8, 4) is 0 Å². The van der Waals surface area contributed by atoms with E-state index in [1.165, 1.54) is 4.90 Å². The van der Waals surface area contributed by atoms with Gasteiger partial charge in [-0.25, -0.2) is 5.10 Å². The van der Waals surface area contributed by atoms with Crippen LogP contribution in [0.4, 0.5) is 0 Å². The average molecular weight is 330 g/mol. The van der Waals surface area contributed by atoms with Crippen molar-refractivity contribution < 1.29 is 14.7 Å². The molecule has 0 unspecified atom stereocenters. The average Bonchev–Trinajstić information content (AvgIpc) is 2.61. The third-order valence-electron chi connectivity index (χ3n) is 4.14. The van der Waals surface area contributed by atoms with Gasteiger partial charge in [0, 0.05) is 18.5 Å². The van der Waals surface area contributed by atoms with Crippen molar-refractivity contribution >= 4 is 22.6 Å². The van der Waals surface area contributed by atoms with E-state index < -0.39 is 17.9 Å². The molecule has 126 valence electrons. The van der Waals surface area contributed by atoms with Crippen LogP contribution in [0.1, 0.15) is 18.5 Å². The van der Waals surface area contributed by atoms with Gasteiger partial charge in [-0.15, -0.1) is 0 Å². The zero-order valence-corrected chi connectivity index (χ0v) is 13.0. The predicted molar refractivity (Wildman–Crippen MR) is 86.0 cm³/mol. The van der Waals surface area contributed by atoms with Crippen LogP contribution in [0.2, 0.25) is 0 Å². The first-order valence-corrected chi connectivity index (χ1v) is 7.77. The minimum Gasteiger partial charge on any atom is -0.393 e. The van der Waals surface area contributed by atoms with E-state index in [1.54, 1.807) is 24.3 Å². The fourth-order valence-electron chi connectivity index (χ4n) is 2.76. The molecule has 1 fully saturated rings. The summed E-state index contributed by atoms with van der Waals surface area (Å²) in [6.07, 6.45) is 0.546. The number of carbonyl (C=O) groups excluding carboxylic acids is 2. The molecule has 2 heterocycles. The number of carbonyl (C=O) groups is 2. The lowest BCUT2D eigenvalue weighted by molar-refractivity contribution is -0.147. The molecule has 2 amide bonds. The molecule has 0 atom stereocenters. The van der Waals surface area contributed by atoms with Crippen molar-refractivity contribution in [2.75, 3.05) is 13.1 Å². The van der Waals surface area contributed by atoms with Gasteiger partial charge in [-0.2, -0.15) is 5.10 Å². The standard InChI is InChI=1S/C16H18N4O4/c21-10-5-7-20(8-6-10)16(24)15(23)17-9-13-11-3-1-2-4-12(11)14(22)19-18-13/h1-4,10,21H,5-9H2,(H,17,23)(H,19,22). The van der Waals surface area contributed by atoms with Gasteiger partial charge in [0.1, 0.15) is 0 Å². The number of amides is 2. The predicted octanol–water partition coefficient (Wildman–Crippen LogP) is -0.477. The summed E-state index contributed by atoms with van der Waals surface area (Å²) in [6, 6.07) is 6.94. The monoisotopic (exact) mass is 330 g/mol. The summed E-state index contributed by atoms with van der Waals surface area (Å²) in [5.41, 5.74) is 0.184. The number of fused-ring (bicyclic) bond motifs is 1. The molecule has 0 aliphatic carbocycles. The number of nitrogens with one attached hydrogen (secondary N) is 2. The van der Waals surface area contributed by atoms with Crippen LogP contribution in [-0.4, -0.2) is 51.2 Å². The lowest BCUT2D eigenvalue weighted by atomic mass is 10.1. The largest absolute Gasteiger partial charge is 0.393 e. The van der Waals surface area contributed by atoms with Gasteiger partial charge in [-0.1, -0.05) is 18.2 Å². The van der Waals surface area contributed by atoms with Crippen molar-refractivity contribution in [1.29, 1.82) is 0 Å². The fourth-order valence-corrected chi connectivity index (χ4v) is 2.76. The Hall–Kier alpha value is -2.74. The molecule has 1 saturated heterocycles. The molecule has 3 rings (SSSR count). The number of H-pyrrole nitrogens is 1. The van der Waals surface area contributed by atoms with Crippen molar-refractivity contribution in [2.24, 2.45) is 0 Å². The summed E-state index contributed by atoms with van der Waals surface area (Å²) < 4.78 is 0. The molecule has 3 N–H and O–H groups in total. The second-order valence-electron chi connectivity index (χ2n) is 5.75. The number of likely N-dealkylation sites (tertiary alicyclic amines) is 1. The highest BCUT2D eigenvalue weighted by Gasteiger charge is 2.26. The molecule has 1 aliphatic heterocycles. The Labute approximate surface area is 137 Å². The molecule has 8 nitrogen and oxygen atoms in total. The van der Waals surface area contributed by atoms with Crippen molar-refractivity contribution in [3.05, 3.63) is 40.3 Å². The number of piperidine rings is 1. The molecule has 0 spiro atoms. The number of hydrogen-bond acceptors (Lipinski definition) is 5. The fraction of sp³-hybridized carbons (Fsp3) is 0.375. The molecule has 0 saturated carbocycles. The van der Waals surface area contributed by atoms with Gasteiger partial charge < -0.3 is 15.3 Å². The van der Waals surface area contributed by atoms with Crippen LogP contribution in [0.25, 0.3) is 10.8 Å². The molecule has 1 aromatic carbocycles. The number of nitrogens with zero attached hydrogens (tertiary/aromatic N) is 2. The zero-order valence-electron chi connectivity index (χ0n) is 13.0. The SMILES string of the molecule is O=C(NCc1n[nH]c(=O)c2ccccc12)C(=O)N1CCC(O)CC1. The summed E-state index contributed by atoms with van der Waals surface area (Å²) in [5, 5.41) is 19.4. The van der Waals surface area contributed by atoms with Crippen LogP contribution in [0.3, 0.4) is 0 Å². The highest BCUT2D eigenvalue weighted by Crippen LogP contribution is 2.12. The first-order chi connectivity index (χ1) is 11.6. The van der Waals surface area contributed by atoms with Crippen molar-refractivity contribution in [2.45, 2.75) is 25.5 Å². The van der Waals surface area contributed by atoms with Gasteiger partial charge in [0.2, 0.25) is 0 Å². The summed E-state index contributed by atoms with van der Waals surface area (Å²) >= 11 is 0. The maximum Gasteiger partial charge on any atom is 0.311 e. The first-order valence-electron chi connectivity index (χ1n) is 7.77. The zero-order chi connectivity index (χ0) is 17.1. The number of aromatic nitrogens is 2. The maximum atomic E-state index is 12.1. The minimum absolute atomic E-state index is 0.0400. The van der Waals surface area contributed by atoms with Crippen LogP contribution < -0.4 is 10.9 Å². The van der Waals surface area contributed by atoms with Gasteiger partial charge in [0.15, 0.2) is 0 Å². The molecular formula is C16H18N4O4. The van der Waals surface area contributed by atoms with E-state index in [1.807, 2.05) is 0 Å². The van der Waals surface area contributed by atoms with Gasteiger partial charge in [0.25, 0.3) is 5.56 Å². The molecule has 1 aliphatic rings. The van der Waals surface area contributed by atoms with E-state index in [0.717, 1.165) is 0 Å². The quantitative estimate of drug-likeness (QED) is 0.644. The van der Waals surface area contributed by atoms with E-state index in [-0.39, 0.29) is 12.1 Å². The molecule has 1 aromatic heterocycles. The normalized spacial score (nSPS) is 15.5. The molecule has 24 heavy (non-hydrogen) atoms. The van der Waals surface area contributed by atoms with Crippen LogP contribution in [0.5, 0.6) is 0 Å². The van der Waals surface area contributed by atoms with Gasteiger partial charge in [0.05, 0.1) is 23.7 Å². The number of aromatic amines is 1. The van der Waals surface area contributed by atoms with Crippen LogP contribution >= 0.6 is 0 Å². The van der Waals surface area contributed by atoms with E-state index >= 15 is 0 Å². The van der Waals surface area contributed by atoms with Gasteiger partial charge in [-0.05, 0) is 18.9 Å². The van der Waals surface area contributed by atoms with E-state index in [4.69, 9.17) is 0 Å². The Morgan fingerprint density at radius 1 is 1.25 bits per heavy atom. The summed E-state index contributed by atoms with van der Waals surface area (Å²) in [6.45, 7) is 0.777. The molecule has 8 heteroatoms. The highest BCUT2D eigenvalue weighted by atomic mass is 16.3.